The molecule has 1 N–H and O–H groups in total. The van der Waals surface area contributed by atoms with E-state index in [1.807, 2.05) is 0 Å². The highest BCUT2D eigenvalue weighted by Crippen LogP contribution is 2.32. The van der Waals surface area contributed by atoms with Gasteiger partial charge in [-0.15, -0.1) is 11.3 Å². The largest absolute Gasteiger partial charge is 0.461 e. The van der Waals surface area contributed by atoms with Crippen LogP contribution in [0, 0.1) is 5.92 Å². The highest BCUT2D eigenvalue weighted by molar-refractivity contribution is 7.09. The summed E-state index contributed by atoms with van der Waals surface area (Å²) < 4.78 is 5.04. The molecule has 0 aliphatic carbocycles. The SMILES string of the molecule is CCOC(=O)c1csc(CN(CCC(C)C)C(=O)Nc2c(C(C)C)cccc2C(C)C)n1. The summed E-state index contributed by atoms with van der Waals surface area (Å²) in [6.45, 7) is 15.9. The fourth-order valence-corrected chi connectivity index (χ4v) is 4.17. The minimum atomic E-state index is -0.430. The number of carbonyl (C=O) groups excluding carboxylic acids is 2. The van der Waals surface area contributed by atoms with E-state index in [1.165, 1.54) is 11.3 Å². The number of nitrogens with zero attached hydrogens (tertiary/aromatic N) is 2. The van der Waals surface area contributed by atoms with Crippen LogP contribution in [0.15, 0.2) is 23.6 Å². The number of aromatic nitrogens is 1. The van der Waals surface area contributed by atoms with Crippen molar-refractivity contribution in [2.75, 3.05) is 18.5 Å². The van der Waals surface area contributed by atoms with E-state index in [-0.39, 0.29) is 6.03 Å². The molecule has 0 atom stereocenters. The second-order valence-electron chi connectivity index (χ2n) is 9.00. The number of anilines is 1. The lowest BCUT2D eigenvalue weighted by Gasteiger charge is -2.26. The fraction of sp³-hybridized carbons (Fsp3) is 0.560. The molecule has 0 saturated heterocycles. The maximum atomic E-state index is 13.4. The van der Waals surface area contributed by atoms with Crippen LogP contribution in [0.1, 0.15) is 93.3 Å². The molecule has 0 radical (unpaired) electrons. The molecule has 176 valence electrons. The van der Waals surface area contributed by atoms with Gasteiger partial charge in [-0.05, 0) is 42.2 Å². The van der Waals surface area contributed by atoms with E-state index in [0.717, 1.165) is 23.2 Å². The van der Waals surface area contributed by atoms with Crippen LogP contribution in [0.3, 0.4) is 0 Å². The topological polar surface area (TPSA) is 71.5 Å². The van der Waals surface area contributed by atoms with Crippen LogP contribution in [0.2, 0.25) is 0 Å². The first-order valence-corrected chi connectivity index (χ1v) is 12.3. The first-order chi connectivity index (χ1) is 15.1. The Morgan fingerprint density at radius 1 is 1.09 bits per heavy atom. The number of carbonyl (C=O) groups is 2. The summed E-state index contributed by atoms with van der Waals surface area (Å²) in [7, 11) is 0. The Kier molecular flexibility index (Phi) is 9.69. The van der Waals surface area contributed by atoms with Crippen LogP contribution >= 0.6 is 11.3 Å². The number of para-hydroxylation sites is 1. The average Bonchev–Trinajstić information content (AvgIpc) is 3.19. The number of hydrogen-bond donors (Lipinski definition) is 1. The number of esters is 1. The summed E-state index contributed by atoms with van der Waals surface area (Å²) in [6, 6.07) is 6.07. The summed E-state index contributed by atoms with van der Waals surface area (Å²) in [5.74, 6) is 0.616. The number of ether oxygens (including phenoxy) is 1. The van der Waals surface area contributed by atoms with E-state index in [4.69, 9.17) is 4.74 Å². The normalized spacial score (nSPS) is 11.3. The van der Waals surface area contributed by atoms with Crippen LogP contribution < -0.4 is 5.32 Å². The van der Waals surface area contributed by atoms with Gasteiger partial charge in [0.25, 0.3) is 0 Å². The quantitative estimate of drug-likeness (QED) is 0.404. The molecule has 0 bridgehead atoms. The molecule has 2 rings (SSSR count). The van der Waals surface area contributed by atoms with E-state index in [1.54, 1.807) is 17.2 Å². The number of rotatable bonds is 10. The fourth-order valence-electron chi connectivity index (χ4n) is 3.39. The van der Waals surface area contributed by atoms with Crippen molar-refractivity contribution in [2.24, 2.45) is 5.92 Å². The molecular formula is C25H37N3O3S. The van der Waals surface area contributed by atoms with Gasteiger partial charge in [0.05, 0.1) is 13.2 Å². The number of nitrogens with one attached hydrogen (secondary N) is 1. The second kappa shape index (κ2) is 12.0. The maximum absolute atomic E-state index is 13.4. The van der Waals surface area contributed by atoms with Crippen molar-refractivity contribution in [2.45, 2.75) is 73.3 Å². The molecule has 0 aliphatic rings. The Morgan fingerprint density at radius 3 is 2.25 bits per heavy atom. The lowest BCUT2D eigenvalue weighted by Crippen LogP contribution is -2.36. The Labute approximate surface area is 196 Å². The number of thiazole rings is 1. The van der Waals surface area contributed by atoms with Crippen LogP contribution in [0.5, 0.6) is 0 Å². The first kappa shape index (κ1) is 25.8. The van der Waals surface area contributed by atoms with Gasteiger partial charge in [0.15, 0.2) is 5.69 Å². The standard InChI is InChI=1S/C25H37N3O3S/c1-8-31-24(29)21-15-32-22(26-21)14-28(13-12-16(2)3)25(30)27-23-19(17(4)5)10-9-11-20(23)18(6)7/h9-11,15-18H,8,12-14H2,1-7H3,(H,27,30). The molecular weight excluding hydrogens is 422 g/mol. The first-order valence-electron chi connectivity index (χ1n) is 11.4. The van der Waals surface area contributed by atoms with Crippen molar-refractivity contribution in [1.82, 2.24) is 9.88 Å². The molecule has 0 unspecified atom stereocenters. The van der Waals surface area contributed by atoms with Crippen molar-refractivity contribution in [3.05, 3.63) is 45.4 Å². The van der Waals surface area contributed by atoms with E-state index in [2.05, 4.69) is 70.0 Å². The number of hydrogen-bond acceptors (Lipinski definition) is 5. The average molecular weight is 460 g/mol. The molecule has 2 aromatic rings. The Bertz CT molecular complexity index is 879. The van der Waals surface area contributed by atoms with Gasteiger partial charge in [-0.1, -0.05) is 59.7 Å². The lowest BCUT2D eigenvalue weighted by atomic mass is 9.93. The Hall–Kier alpha value is -2.41. The molecule has 32 heavy (non-hydrogen) atoms. The van der Waals surface area contributed by atoms with Crippen LogP contribution in [0.25, 0.3) is 0 Å². The third-order valence-electron chi connectivity index (χ3n) is 5.23. The Morgan fingerprint density at radius 2 is 1.72 bits per heavy atom. The molecule has 0 saturated carbocycles. The van der Waals surface area contributed by atoms with Crippen molar-refractivity contribution in [3.8, 4) is 0 Å². The monoisotopic (exact) mass is 459 g/mol. The molecule has 1 aromatic carbocycles. The van der Waals surface area contributed by atoms with Gasteiger partial charge in [-0.25, -0.2) is 14.6 Å². The maximum Gasteiger partial charge on any atom is 0.357 e. The molecule has 2 amide bonds. The molecule has 0 spiro atoms. The molecule has 6 nitrogen and oxygen atoms in total. The molecule has 0 aliphatic heterocycles. The summed E-state index contributed by atoms with van der Waals surface area (Å²) in [5, 5.41) is 5.62. The van der Waals surface area contributed by atoms with Crippen molar-refractivity contribution >= 4 is 29.0 Å². The highest BCUT2D eigenvalue weighted by Gasteiger charge is 2.22. The second-order valence-corrected chi connectivity index (χ2v) is 9.94. The van der Waals surface area contributed by atoms with Crippen LogP contribution in [-0.2, 0) is 11.3 Å². The number of urea groups is 1. The van der Waals surface area contributed by atoms with Gasteiger partial charge in [-0.3, -0.25) is 0 Å². The zero-order valence-electron chi connectivity index (χ0n) is 20.4. The molecule has 1 heterocycles. The van der Waals surface area contributed by atoms with Gasteiger partial charge >= 0.3 is 12.0 Å². The lowest BCUT2D eigenvalue weighted by molar-refractivity contribution is 0.0520. The van der Waals surface area contributed by atoms with Crippen LogP contribution in [-0.4, -0.2) is 35.0 Å². The number of amides is 2. The van der Waals surface area contributed by atoms with Gasteiger partial charge in [0, 0.05) is 17.6 Å². The van der Waals surface area contributed by atoms with Gasteiger partial charge in [0.2, 0.25) is 0 Å². The molecule has 7 heteroatoms. The van der Waals surface area contributed by atoms with E-state index < -0.39 is 5.97 Å². The van der Waals surface area contributed by atoms with Gasteiger partial charge < -0.3 is 15.0 Å². The van der Waals surface area contributed by atoms with Crippen molar-refractivity contribution in [1.29, 1.82) is 0 Å². The van der Waals surface area contributed by atoms with Gasteiger partial charge in [-0.2, -0.15) is 0 Å². The predicted octanol–water partition coefficient (Wildman–Crippen LogP) is 6.65. The smallest absolute Gasteiger partial charge is 0.357 e. The zero-order valence-corrected chi connectivity index (χ0v) is 21.2. The predicted molar refractivity (Wildman–Crippen MR) is 132 cm³/mol. The third kappa shape index (κ3) is 7.05. The highest BCUT2D eigenvalue weighted by atomic mass is 32.1. The minimum Gasteiger partial charge on any atom is -0.461 e. The van der Waals surface area contributed by atoms with E-state index in [0.29, 0.717) is 48.2 Å². The third-order valence-corrected chi connectivity index (χ3v) is 6.06. The Balaban J connectivity index is 2.28. The summed E-state index contributed by atoms with van der Waals surface area (Å²) in [5.41, 5.74) is 3.46. The van der Waals surface area contributed by atoms with Crippen LogP contribution in [0.4, 0.5) is 10.5 Å². The van der Waals surface area contributed by atoms with Crippen molar-refractivity contribution in [3.63, 3.8) is 0 Å². The minimum absolute atomic E-state index is 0.145. The molecule has 0 fully saturated rings. The summed E-state index contributed by atoms with van der Waals surface area (Å²) in [6.07, 6.45) is 0.881. The number of benzene rings is 1. The zero-order chi connectivity index (χ0) is 23.8. The summed E-state index contributed by atoms with van der Waals surface area (Å²) in [4.78, 5) is 31.6. The van der Waals surface area contributed by atoms with E-state index in [9.17, 15) is 9.59 Å². The molecule has 1 aromatic heterocycles. The van der Waals surface area contributed by atoms with Gasteiger partial charge in [0.1, 0.15) is 5.01 Å². The van der Waals surface area contributed by atoms with E-state index >= 15 is 0 Å². The summed E-state index contributed by atoms with van der Waals surface area (Å²) >= 11 is 1.37. The van der Waals surface area contributed by atoms with Crippen molar-refractivity contribution < 1.29 is 14.3 Å².